The molecule has 1 aromatic carbocycles. The molecule has 0 radical (unpaired) electrons. The SMILES string of the molecule is CNc1nc(C(=O)N(C)CC(C)(C)C)cc2ccccc12. The third kappa shape index (κ3) is 3.51. The van der Waals surface area contributed by atoms with Gasteiger partial charge in [-0.15, -0.1) is 0 Å². The fourth-order valence-corrected chi connectivity index (χ4v) is 2.48. The minimum Gasteiger partial charge on any atom is -0.373 e. The number of anilines is 1. The Bertz CT molecular complexity index is 659. The zero-order chi connectivity index (χ0) is 15.6. The van der Waals surface area contributed by atoms with Gasteiger partial charge in [0.05, 0.1) is 0 Å². The number of aromatic nitrogens is 1. The molecule has 0 fully saturated rings. The number of carbonyl (C=O) groups is 1. The summed E-state index contributed by atoms with van der Waals surface area (Å²) in [7, 11) is 3.64. The Labute approximate surface area is 126 Å². The Morgan fingerprint density at radius 1 is 1.29 bits per heavy atom. The number of nitrogens with zero attached hydrogens (tertiary/aromatic N) is 2. The number of carbonyl (C=O) groups excluding carboxylic acids is 1. The summed E-state index contributed by atoms with van der Waals surface area (Å²) in [6.45, 7) is 7.03. The maximum atomic E-state index is 12.6. The van der Waals surface area contributed by atoms with Crippen LogP contribution in [0.15, 0.2) is 30.3 Å². The first-order valence-electron chi connectivity index (χ1n) is 7.15. The lowest BCUT2D eigenvalue weighted by molar-refractivity contribution is 0.0740. The van der Waals surface area contributed by atoms with Gasteiger partial charge in [-0.2, -0.15) is 0 Å². The number of fused-ring (bicyclic) bond motifs is 1. The molecular weight excluding hydrogens is 262 g/mol. The quantitative estimate of drug-likeness (QED) is 0.940. The molecule has 1 heterocycles. The molecule has 2 rings (SSSR count). The van der Waals surface area contributed by atoms with Gasteiger partial charge in [0.25, 0.3) is 5.91 Å². The van der Waals surface area contributed by atoms with E-state index in [1.807, 2.05) is 44.4 Å². The first-order valence-corrected chi connectivity index (χ1v) is 7.15. The summed E-state index contributed by atoms with van der Waals surface area (Å²) in [6.07, 6.45) is 0. The number of nitrogens with one attached hydrogen (secondary N) is 1. The van der Waals surface area contributed by atoms with Crippen molar-refractivity contribution in [3.05, 3.63) is 36.0 Å². The molecule has 4 nitrogen and oxygen atoms in total. The fraction of sp³-hybridized carbons (Fsp3) is 0.412. The molecule has 0 aliphatic rings. The molecule has 0 saturated heterocycles. The first kappa shape index (κ1) is 15.3. The number of rotatable bonds is 3. The monoisotopic (exact) mass is 285 g/mol. The Kier molecular flexibility index (Phi) is 4.16. The van der Waals surface area contributed by atoms with Crippen molar-refractivity contribution in [3.63, 3.8) is 0 Å². The van der Waals surface area contributed by atoms with Gasteiger partial charge in [0.15, 0.2) is 0 Å². The lowest BCUT2D eigenvalue weighted by Gasteiger charge is -2.26. The highest BCUT2D eigenvalue weighted by Crippen LogP contribution is 2.23. The van der Waals surface area contributed by atoms with Gasteiger partial charge in [-0.1, -0.05) is 45.0 Å². The maximum Gasteiger partial charge on any atom is 0.272 e. The second-order valence-electron chi connectivity index (χ2n) is 6.55. The van der Waals surface area contributed by atoms with Crippen molar-refractivity contribution in [2.24, 2.45) is 5.41 Å². The molecule has 0 atom stereocenters. The van der Waals surface area contributed by atoms with Gasteiger partial charge < -0.3 is 10.2 Å². The first-order chi connectivity index (χ1) is 9.81. The standard InChI is InChI=1S/C17H23N3O/c1-17(2,3)11-20(5)16(21)14-10-12-8-6-7-9-13(12)15(18-4)19-14/h6-10H,11H2,1-5H3,(H,18,19). The molecule has 1 N–H and O–H groups in total. The zero-order valence-electron chi connectivity index (χ0n) is 13.4. The van der Waals surface area contributed by atoms with Gasteiger partial charge in [0.2, 0.25) is 0 Å². The van der Waals surface area contributed by atoms with Crippen LogP contribution in [0.4, 0.5) is 5.82 Å². The molecule has 0 aliphatic heterocycles. The second kappa shape index (κ2) is 5.72. The van der Waals surface area contributed by atoms with Gasteiger partial charge in [-0.3, -0.25) is 4.79 Å². The van der Waals surface area contributed by atoms with Gasteiger partial charge in [-0.05, 0) is 16.9 Å². The van der Waals surface area contributed by atoms with Crippen LogP contribution in [0.25, 0.3) is 10.8 Å². The molecule has 0 aliphatic carbocycles. The highest BCUT2D eigenvalue weighted by Gasteiger charge is 2.20. The van der Waals surface area contributed by atoms with E-state index in [2.05, 4.69) is 31.1 Å². The molecule has 0 spiro atoms. The summed E-state index contributed by atoms with van der Waals surface area (Å²) < 4.78 is 0. The number of hydrogen-bond donors (Lipinski definition) is 1. The van der Waals surface area contributed by atoms with Crippen LogP contribution in [0.3, 0.4) is 0 Å². The Morgan fingerprint density at radius 3 is 2.57 bits per heavy atom. The summed E-state index contributed by atoms with van der Waals surface area (Å²) in [5.41, 5.74) is 0.539. The number of hydrogen-bond acceptors (Lipinski definition) is 3. The largest absolute Gasteiger partial charge is 0.373 e. The molecule has 0 unspecified atom stereocenters. The van der Waals surface area contributed by atoms with Crippen LogP contribution in [0.1, 0.15) is 31.3 Å². The van der Waals surface area contributed by atoms with Crippen molar-refractivity contribution in [2.75, 3.05) is 26.0 Å². The van der Waals surface area contributed by atoms with Crippen molar-refractivity contribution in [1.82, 2.24) is 9.88 Å². The minimum atomic E-state index is -0.0489. The van der Waals surface area contributed by atoms with E-state index in [9.17, 15) is 4.79 Å². The van der Waals surface area contributed by atoms with E-state index >= 15 is 0 Å². The van der Waals surface area contributed by atoms with Crippen LogP contribution in [0.2, 0.25) is 0 Å². The summed E-state index contributed by atoms with van der Waals surface area (Å²) in [5, 5.41) is 5.11. The van der Waals surface area contributed by atoms with E-state index in [0.717, 1.165) is 16.6 Å². The summed E-state index contributed by atoms with van der Waals surface area (Å²) in [5.74, 6) is 0.688. The third-order valence-electron chi connectivity index (χ3n) is 3.25. The molecule has 21 heavy (non-hydrogen) atoms. The predicted molar refractivity (Wildman–Crippen MR) is 87.7 cm³/mol. The number of pyridine rings is 1. The van der Waals surface area contributed by atoms with Gasteiger partial charge in [0, 0.05) is 26.0 Å². The molecule has 2 aromatic rings. The zero-order valence-corrected chi connectivity index (χ0v) is 13.4. The van der Waals surface area contributed by atoms with Gasteiger partial charge in [-0.25, -0.2) is 4.98 Å². The van der Waals surface area contributed by atoms with Gasteiger partial charge in [0.1, 0.15) is 11.5 Å². The summed E-state index contributed by atoms with van der Waals surface area (Å²) in [4.78, 5) is 18.8. The fourth-order valence-electron chi connectivity index (χ4n) is 2.48. The predicted octanol–water partition coefficient (Wildman–Crippen LogP) is 3.39. The number of benzene rings is 1. The Balaban J connectivity index is 2.40. The average molecular weight is 285 g/mol. The van der Waals surface area contributed by atoms with Gasteiger partial charge >= 0.3 is 0 Å². The van der Waals surface area contributed by atoms with E-state index in [1.54, 1.807) is 4.90 Å². The molecule has 1 aromatic heterocycles. The van der Waals surface area contributed by atoms with Crippen molar-refractivity contribution in [2.45, 2.75) is 20.8 Å². The van der Waals surface area contributed by atoms with Crippen molar-refractivity contribution in [3.8, 4) is 0 Å². The lowest BCUT2D eigenvalue weighted by atomic mass is 9.96. The van der Waals surface area contributed by atoms with E-state index in [0.29, 0.717) is 12.2 Å². The van der Waals surface area contributed by atoms with Crippen LogP contribution in [0, 0.1) is 5.41 Å². The third-order valence-corrected chi connectivity index (χ3v) is 3.25. The second-order valence-corrected chi connectivity index (χ2v) is 6.55. The van der Waals surface area contributed by atoms with Crippen molar-refractivity contribution >= 4 is 22.5 Å². The van der Waals surface area contributed by atoms with E-state index in [4.69, 9.17) is 0 Å². The molecule has 1 amide bonds. The molecule has 0 saturated carbocycles. The molecule has 112 valence electrons. The van der Waals surface area contributed by atoms with Crippen LogP contribution < -0.4 is 5.32 Å². The van der Waals surface area contributed by atoms with E-state index in [-0.39, 0.29) is 11.3 Å². The van der Waals surface area contributed by atoms with Crippen LogP contribution in [0.5, 0.6) is 0 Å². The van der Waals surface area contributed by atoms with Crippen LogP contribution in [-0.2, 0) is 0 Å². The average Bonchev–Trinajstić information content (AvgIpc) is 2.43. The van der Waals surface area contributed by atoms with Crippen LogP contribution >= 0.6 is 0 Å². The molecule has 4 heteroatoms. The van der Waals surface area contributed by atoms with Crippen molar-refractivity contribution < 1.29 is 4.79 Å². The Hall–Kier alpha value is -2.10. The maximum absolute atomic E-state index is 12.6. The summed E-state index contributed by atoms with van der Waals surface area (Å²) >= 11 is 0. The molecule has 0 bridgehead atoms. The van der Waals surface area contributed by atoms with E-state index < -0.39 is 0 Å². The van der Waals surface area contributed by atoms with E-state index in [1.165, 1.54) is 0 Å². The highest BCUT2D eigenvalue weighted by atomic mass is 16.2. The van der Waals surface area contributed by atoms with Crippen LogP contribution in [-0.4, -0.2) is 36.4 Å². The smallest absolute Gasteiger partial charge is 0.272 e. The summed E-state index contributed by atoms with van der Waals surface area (Å²) in [6, 6.07) is 9.80. The normalized spacial score (nSPS) is 11.5. The molecular formula is C17H23N3O. The topological polar surface area (TPSA) is 45.2 Å². The Morgan fingerprint density at radius 2 is 1.95 bits per heavy atom. The van der Waals surface area contributed by atoms with Crippen molar-refractivity contribution in [1.29, 1.82) is 0 Å². The minimum absolute atomic E-state index is 0.0489. The number of amides is 1. The lowest BCUT2D eigenvalue weighted by Crippen LogP contribution is -2.35. The highest BCUT2D eigenvalue weighted by molar-refractivity contribution is 6.00.